The summed E-state index contributed by atoms with van der Waals surface area (Å²) in [6.45, 7) is 4.36. The van der Waals surface area contributed by atoms with E-state index in [4.69, 9.17) is 9.84 Å². The van der Waals surface area contributed by atoms with E-state index >= 15 is 0 Å². The maximum absolute atomic E-state index is 14.4. The number of sulfonamides is 1. The topological polar surface area (TPSA) is 116 Å². The van der Waals surface area contributed by atoms with Crippen LogP contribution in [0.1, 0.15) is 128 Å². The largest absolute Gasteiger partial charge is 0.497 e. The molecule has 1 N–H and O–H groups in total. The molecule has 2 aromatic carbocycles. The zero-order chi connectivity index (χ0) is 35.9. The molecule has 9 rings (SSSR count). The molecular weight excluding hydrogens is 675 g/mol. The molecule has 3 saturated carbocycles. The highest BCUT2D eigenvalue weighted by Crippen LogP contribution is 2.49. The quantitative estimate of drug-likeness (QED) is 0.201. The lowest BCUT2D eigenvalue weighted by Crippen LogP contribution is -2.35. The molecular formula is C41H47N5O5S. The van der Waals surface area contributed by atoms with Crippen LogP contribution in [0.4, 0.5) is 0 Å². The van der Waals surface area contributed by atoms with Gasteiger partial charge >= 0.3 is 0 Å². The molecule has 4 aromatic rings. The summed E-state index contributed by atoms with van der Waals surface area (Å²) in [6, 6.07) is 12.4. The third-order valence-electron chi connectivity index (χ3n) is 12.4. The summed E-state index contributed by atoms with van der Waals surface area (Å²) < 4.78 is 38.0. The summed E-state index contributed by atoms with van der Waals surface area (Å²) in [4.78, 5) is 30.0. The Bertz CT molecular complexity index is 2260. The van der Waals surface area contributed by atoms with Crippen molar-refractivity contribution in [2.45, 2.75) is 108 Å². The molecule has 5 aliphatic rings. The van der Waals surface area contributed by atoms with E-state index in [9.17, 15) is 18.0 Å². The first-order chi connectivity index (χ1) is 25.1. The van der Waals surface area contributed by atoms with Crippen LogP contribution in [0.2, 0.25) is 0 Å². The van der Waals surface area contributed by atoms with Crippen molar-refractivity contribution in [3.8, 4) is 17.0 Å². The van der Waals surface area contributed by atoms with Crippen molar-refractivity contribution >= 4 is 44.4 Å². The fraction of sp³-hybridized carbons (Fsp3) is 0.488. The van der Waals surface area contributed by atoms with Crippen LogP contribution in [0.3, 0.4) is 0 Å². The fourth-order valence-corrected chi connectivity index (χ4v) is 9.79. The third kappa shape index (κ3) is 5.49. The van der Waals surface area contributed by atoms with E-state index in [-0.39, 0.29) is 11.9 Å². The van der Waals surface area contributed by atoms with Crippen molar-refractivity contribution in [3.05, 3.63) is 70.5 Å². The number of methoxy groups -OCH3 is 1. The number of amides is 2. The number of benzene rings is 2. The lowest BCUT2D eigenvalue weighted by atomic mass is 9.81. The zero-order valence-electron chi connectivity index (χ0n) is 30.2. The van der Waals surface area contributed by atoms with Crippen LogP contribution in [0.5, 0.6) is 5.75 Å². The standard InChI is InChI=1S/C41H47N5O5S/c1-24(2)52(49,50)43-40(47)27-12-14-33-36(21-27)45-23-29(18-28-19-31(51-3)13-15-32(28)39(45)37(33)25-8-5-4-6-9-25)38-34(22-42-46(38)30-10-7-11-30)41(48)44-17-16-26-20-35(26)44/h12-15,18-19,21-22,24-26,30,35H,4-11,16-17,20,23H2,1-3H3,(H,43,47)/t26?,35-/m1/s1. The first-order valence-corrected chi connectivity index (χ1v) is 20.7. The number of rotatable bonds is 8. The number of nitrogens with one attached hydrogen (secondary N) is 1. The van der Waals surface area contributed by atoms with Gasteiger partial charge in [-0.3, -0.25) is 14.3 Å². The molecule has 3 aliphatic carbocycles. The van der Waals surface area contributed by atoms with Gasteiger partial charge in [-0.15, -0.1) is 0 Å². The van der Waals surface area contributed by atoms with Gasteiger partial charge in [-0.25, -0.2) is 13.1 Å². The molecule has 2 aromatic heterocycles. The smallest absolute Gasteiger partial charge is 0.264 e. The molecule has 2 atom stereocenters. The van der Waals surface area contributed by atoms with Crippen molar-refractivity contribution in [1.29, 1.82) is 0 Å². The Morgan fingerprint density at radius 3 is 2.44 bits per heavy atom. The minimum atomic E-state index is -3.82. The monoisotopic (exact) mass is 721 g/mol. The Balaban J connectivity index is 1.26. The molecule has 52 heavy (non-hydrogen) atoms. The molecule has 10 nitrogen and oxygen atoms in total. The minimum absolute atomic E-state index is 0.0624. The van der Waals surface area contributed by atoms with Gasteiger partial charge in [0, 0.05) is 34.6 Å². The van der Waals surface area contributed by atoms with Crippen molar-refractivity contribution in [1.82, 2.24) is 24.0 Å². The first kappa shape index (κ1) is 33.5. The number of aromatic nitrogens is 3. The summed E-state index contributed by atoms with van der Waals surface area (Å²) in [7, 11) is -2.14. The molecule has 1 saturated heterocycles. The number of piperidine rings is 1. The Hall–Kier alpha value is -4.38. The van der Waals surface area contributed by atoms with Gasteiger partial charge in [-0.1, -0.05) is 25.3 Å². The number of fused-ring (bicyclic) bond motifs is 6. The maximum Gasteiger partial charge on any atom is 0.264 e. The number of likely N-dealkylation sites (tertiary alicyclic amines) is 1. The second-order valence-corrected chi connectivity index (χ2v) is 18.1. The van der Waals surface area contributed by atoms with Crippen LogP contribution in [0.15, 0.2) is 42.6 Å². The SMILES string of the molecule is COc1ccc2c(c1)C=C(c1c(C(=O)N3CCC4C[C@H]43)cnn1C1CCC1)Cn1c-2c(C2CCCCC2)c2ccc(C(=O)NS(=O)(=O)C(C)C)cc21. The molecule has 272 valence electrons. The van der Waals surface area contributed by atoms with Gasteiger partial charge in [-0.05, 0) is 124 Å². The number of hydrogen-bond donors (Lipinski definition) is 1. The second-order valence-electron chi connectivity index (χ2n) is 15.8. The Labute approximate surface area is 305 Å². The zero-order valence-corrected chi connectivity index (χ0v) is 31.0. The van der Waals surface area contributed by atoms with E-state index in [0.717, 1.165) is 109 Å². The van der Waals surface area contributed by atoms with E-state index < -0.39 is 21.2 Å². The van der Waals surface area contributed by atoms with E-state index in [2.05, 4.69) is 37.1 Å². The maximum atomic E-state index is 14.4. The number of ether oxygens (including phenoxy) is 1. The highest BCUT2D eigenvalue weighted by atomic mass is 32.2. The number of nitrogens with zero attached hydrogens (tertiary/aromatic N) is 4. The number of allylic oxidation sites excluding steroid dienone is 1. The normalized spacial score (nSPS) is 21.6. The number of carbonyl (C=O) groups excluding carboxylic acids is 2. The van der Waals surface area contributed by atoms with Gasteiger partial charge in [0.1, 0.15) is 5.75 Å². The average molecular weight is 722 g/mol. The van der Waals surface area contributed by atoms with Crippen LogP contribution in [-0.4, -0.2) is 64.4 Å². The van der Waals surface area contributed by atoms with Gasteiger partial charge in [0.05, 0.1) is 48.1 Å². The minimum Gasteiger partial charge on any atom is -0.497 e. The predicted octanol–water partition coefficient (Wildman–Crippen LogP) is 7.54. The van der Waals surface area contributed by atoms with Crippen LogP contribution < -0.4 is 9.46 Å². The van der Waals surface area contributed by atoms with Gasteiger partial charge in [0.2, 0.25) is 10.0 Å². The highest BCUT2D eigenvalue weighted by Gasteiger charge is 2.49. The average Bonchev–Trinajstić information content (AvgIpc) is 3.46. The predicted molar refractivity (Wildman–Crippen MR) is 202 cm³/mol. The molecule has 0 bridgehead atoms. The van der Waals surface area contributed by atoms with Crippen molar-refractivity contribution < 1.29 is 22.7 Å². The molecule has 0 radical (unpaired) electrons. The van der Waals surface area contributed by atoms with E-state index in [1.807, 2.05) is 18.2 Å². The van der Waals surface area contributed by atoms with Crippen LogP contribution in [0, 0.1) is 5.92 Å². The molecule has 2 aliphatic heterocycles. The van der Waals surface area contributed by atoms with Gasteiger partial charge in [0.25, 0.3) is 11.8 Å². The lowest BCUT2D eigenvalue weighted by molar-refractivity contribution is 0.0767. The van der Waals surface area contributed by atoms with Gasteiger partial charge in [-0.2, -0.15) is 5.10 Å². The third-order valence-corrected chi connectivity index (χ3v) is 14.2. The number of carbonyl (C=O) groups is 2. The first-order valence-electron chi connectivity index (χ1n) is 19.1. The number of hydrogen-bond acceptors (Lipinski definition) is 6. The summed E-state index contributed by atoms with van der Waals surface area (Å²) in [5.74, 6) is 1.14. The molecule has 0 spiro atoms. The van der Waals surface area contributed by atoms with Crippen molar-refractivity contribution in [3.63, 3.8) is 0 Å². The van der Waals surface area contributed by atoms with Crippen LogP contribution >= 0.6 is 0 Å². The molecule has 11 heteroatoms. The van der Waals surface area contributed by atoms with E-state index in [0.29, 0.717) is 35.5 Å². The summed E-state index contributed by atoms with van der Waals surface area (Å²) in [6.07, 6.45) is 15.1. The molecule has 4 heterocycles. The van der Waals surface area contributed by atoms with Gasteiger partial charge < -0.3 is 14.2 Å². The van der Waals surface area contributed by atoms with E-state index in [1.165, 1.54) is 12.0 Å². The van der Waals surface area contributed by atoms with Crippen molar-refractivity contribution in [2.24, 2.45) is 5.92 Å². The fourth-order valence-electron chi connectivity index (χ4n) is 9.18. The van der Waals surface area contributed by atoms with Crippen LogP contribution in [-0.2, 0) is 16.6 Å². The highest BCUT2D eigenvalue weighted by molar-refractivity contribution is 7.90. The molecule has 2 amide bonds. The Morgan fingerprint density at radius 2 is 1.77 bits per heavy atom. The Kier molecular flexibility index (Phi) is 8.13. The van der Waals surface area contributed by atoms with Crippen molar-refractivity contribution in [2.75, 3.05) is 13.7 Å². The second kappa shape index (κ2) is 12.6. The van der Waals surface area contributed by atoms with Crippen LogP contribution in [0.25, 0.3) is 33.8 Å². The summed E-state index contributed by atoms with van der Waals surface area (Å²) in [5, 5.41) is 5.27. The molecule has 1 unspecified atom stereocenters. The lowest BCUT2D eigenvalue weighted by Gasteiger charge is -2.29. The van der Waals surface area contributed by atoms with E-state index in [1.54, 1.807) is 33.2 Å². The summed E-state index contributed by atoms with van der Waals surface area (Å²) >= 11 is 0. The van der Waals surface area contributed by atoms with Gasteiger partial charge in [0.15, 0.2) is 0 Å². The Morgan fingerprint density at radius 1 is 0.962 bits per heavy atom. The molecule has 4 fully saturated rings. The summed E-state index contributed by atoms with van der Waals surface area (Å²) in [5.41, 5.74) is 8.15.